The van der Waals surface area contributed by atoms with Gasteiger partial charge in [-0.3, -0.25) is 13.9 Å². The predicted molar refractivity (Wildman–Crippen MR) is 93.1 cm³/mol. The summed E-state index contributed by atoms with van der Waals surface area (Å²) in [5.74, 6) is 0.401. The Labute approximate surface area is 141 Å². The highest BCUT2D eigenvalue weighted by molar-refractivity contribution is 5.81. The molecule has 1 aromatic carbocycles. The van der Waals surface area contributed by atoms with Crippen molar-refractivity contribution in [1.29, 1.82) is 0 Å². The van der Waals surface area contributed by atoms with Gasteiger partial charge in [0.2, 0.25) is 5.91 Å². The Morgan fingerprint density at radius 1 is 1.25 bits per heavy atom. The van der Waals surface area contributed by atoms with Crippen molar-refractivity contribution in [3.63, 3.8) is 0 Å². The molecular formula is C18H25N3O3. The number of imidazole rings is 1. The van der Waals surface area contributed by atoms with Crippen molar-refractivity contribution in [1.82, 2.24) is 14.0 Å². The van der Waals surface area contributed by atoms with Crippen molar-refractivity contribution in [2.75, 3.05) is 26.8 Å². The van der Waals surface area contributed by atoms with Crippen LogP contribution in [0.15, 0.2) is 29.1 Å². The largest absolute Gasteiger partial charge is 0.384 e. The summed E-state index contributed by atoms with van der Waals surface area (Å²) >= 11 is 0. The van der Waals surface area contributed by atoms with Crippen molar-refractivity contribution in [3.8, 4) is 0 Å². The molecule has 0 radical (unpaired) electrons. The van der Waals surface area contributed by atoms with Crippen molar-refractivity contribution >= 4 is 16.9 Å². The minimum Gasteiger partial charge on any atom is -0.384 e. The van der Waals surface area contributed by atoms with Crippen LogP contribution in [0.5, 0.6) is 0 Å². The molecule has 6 nitrogen and oxygen atoms in total. The molecule has 0 saturated carbocycles. The predicted octanol–water partition coefficient (Wildman–Crippen LogP) is 1.71. The van der Waals surface area contributed by atoms with Gasteiger partial charge in [0.15, 0.2) is 0 Å². The second-order valence-corrected chi connectivity index (χ2v) is 6.41. The molecule has 2 aromatic rings. The normalized spacial score (nSPS) is 18.2. The molecule has 6 heteroatoms. The fraction of sp³-hybridized carbons (Fsp3) is 0.556. The number of piperidine rings is 1. The quantitative estimate of drug-likeness (QED) is 0.838. The minimum atomic E-state index is -0.113. The third-order valence-corrected chi connectivity index (χ3v) is 4.81. The van der Waals surface area contributed by atoms with Gasteiger partial charge in [-0.05, 0) is 37.8 Å². The summed E-state index contributed by atoms with van der Waals surface area (Å²) in [5.41, 5.74) is 1.59. The Hall–Kier alpha value is -2.08. The average Bonchev–Trinajstić information content (AvgIpc) is 2.87. The zero-order chi connectivity index (χ0) is 17.1. The van der Waals surface area contributed by atoms with E-state index in [2.05, 4.69) is 0 Å². The number of aromatic nitrogens is 2. The lowest BCUT2D eigenvalue weighted by molar-refractivity contribution is -0.134. The lowest BCUT2D eigenvalue weighted by Crippen LogP contribution is -2.43. The number of carbonyl (C=O) groups is 1. The van der Waals surface area contributed by atoms with Crippen LogP contribution in [0, 0.1) is 5.92 Å². The van der Waals surface area contributed by atoms with E-state index in [-0.39, 0.29) is 18.1 Å². The number of aryl methyl sites for hydroxylation is 1. The smallest absolute Gasteiger partial charge is 0.329 e. The number of likely N-dealkylation sites (tertiary alicyclic amines) is 1. The van der Waals surface area contributed by atoms with Crippen molar-refractivity contribution < 1.29 is 9.53 Å². The number of rotatable bonds is 5. The molecule has 0 unspecified atom stereocenters. The second kappa shape index (κ2) is 7.21. The molecule has 2 heterocycles. The second-order valence-electron chi connectivity index (χ2n) is 6.41. The Morgan fingerprint density at radius 3 is 2.62 bits per heavy atom. The maximum absolute atomic E-state index is 12.7. The average molecular weight is 331 g/mol. The maximum atomic E-state index is 12.7. The van der Waals surface area contributed by atoms with Gasteiger partial charge in [-0.15, -0.1) is 0 Å². The molecule has 0 bridgehead atoms. The molecule has 1 saturated heterocycles. The van der Waals surface area contributed by atoms with E-state index in [1.54, 1.807) is 16.2 Å². The third kappa shape index (κ3) is 3.11. The molecule has 24 heavy (non-hydrogen) atoms. The number of amides is 1. The van der Waals surface area contributed by atoms with E-state index in [0.717, 1.165) is 30.4 Å². The first-order valence-corrected chi connectivity index (χ1v) is 8.60. The first-order chi connectivity index (χ1) is 11.7. The molecule has 1 aliphatic heterocycles. The summed E-state index contributed by atoms with van der Waals surface area (Å²) in [6, 6.07) is 7.65. The summed E-state index contributed by atoms with van der Waals surface area (Å²) in [7, 11) is 1.69. The van der Waals surface area contributed by atoms with Gasteiger partial charge in [0.05, 0.1) is 17.6 Å². The number of carbonyl (C=O) groups excluding carboxylic acids is 1. The van der Waals surface area contributed by atoms with Gasteiger partial charge in [0.1, 0.15) is 6.54 Å². The van der Waals surface area contributed by atoms with Crippen molar-refractivity contribution in [2.24, 2.45) is 5.92 Å². The van der Waals surface area contributed by atoms with E-state index in [4.69, 9.17) is 4.74 Å². The van der Waals surface area contributed by atoms with Gasteiger partial charge in [-0.1, -0.05) is 12.1 Å². The fourth-order valence-corrected chi connectivity index (χ4v) is 3.63. The monoisotopic (exact) mass is 331 g/mol. The number of fused-ring (bicyclic) bond motifs is 1. The third-order valence-electron chi connectivity index (χ3n) is 4.81. The van der Waals surface area contributed by atoms with E-state index >= 15 is 0 Å². The van der Waals surface area contributed by atoms with Crippen LogP contribution in [0.4, 0.5) is 0 Å². The van der Waals surface area contributed by atoms with E-state index in [0.29, 0.717) is 25.6 Å². The van der Waals surface area contributed by atoms with Crippen molar-refractivity contribution in [3.05, 3.63) is 34.7 Å². The summed E-state index contributed by atoms with van der Waals surface area (Å²) in [5, 5.41) is 0. The molecule has 1 amide bonds. The van der Waals surface area contributed by atoms with Crippen LogP contribution in [0.3, 0.4) is 0 Å². The van der Waals surface area contributed by atoms with Crippen molar-refractivity contribution in [2.45, 2.75) is 32.9 Å². The van der Waals surface area contributed by atoms with Crippen LogP contribution >= 0.6 is 0 Å². The minimum absolute atomic E-state index is 0.0110. The number of para-hydroxylation sites is 2. The highest BCUT2D eigenvalue weighted by Gasteiger charge is 2.25. The molecule has 3 rings (SSSR count). The zero-order valence-electron chi connectivity index (χ0n) is 14.4. The topological polar surface area (TPSA) is 56.5 Å². The van der Waals surface area contributed by atoms with Crippen LogP contribution in [-0.2, 0) is 22.6 Å². The Balaban J connectivity index is 1.83. The number of benzene rings is 1. The summed E-state index contributed by atoms with van der Waals surface area (Å²) < 4.78 is 8.54. The van der Waals surface area contributed by atoms with Crippen LogP contribution < -0.4 is 5.69 Å². The maximum Gasteiger partial charge on any atom is 0.329 e. The standard InChI is InChI=1S/C18H25N3O3/c1-3-20-15-8-4-5-9-16(15)21(18(20)23)12-17(22)19-10-6-7-14(11-19)13-24-2/h4-5,8-9,14H,3,6-7,10-13H2,1-2H3/t14-/m1/s1. The Bertz CT molecular complexity index is 775. The molecule has 1 fully saturated rings. The highest BCUT2D eigenvalue weighted by atomic mass is 16.5. The fourth-order valence-electron chi connectivity index (χ4n) is 3.63. The molecule has 0 N–H and O–H groups in total. The molecule has 130 valence electrons. The van der Waals surface area contributed by atoms with Crippen LogP contribution in [-0.4, -0.2) is 46.7 Å². The summed E-state index contributed by atoms with van der Waals surface area (Å²) in [4.78, 5) is 27.2. The van der Waals surface area contributed by atoms with E-state index in [9.17, 15) is 9.59 Å². The Morgan fingerprint density at radius 2 is 1.96 bits per heavy atom. The van der Waals surface area contributed by atoms with Crippen LogP contribution in [0.25, 0.3) is 11.0 Å². The van der Waals surface area contributed by atoms with E-state index < -0.39 is 0 Å². The first kappa shape index (κ1) is 16.8. The van der Waals surface area contributed by atoms with Crippen LogP contribution in [0.2, 0.25) is 0 Å². The molecule has 1 aliphatic rings. The molecule has 0 spiro atoms. The molecule has 1 atom stereocenters. The summed E-state index contributed by atoms with van der Waals surface area (Å²) in [6.07, 6.45) is 2.08. The van der Waals surface area contributed by atoms with E-state index in [1.807, 2.05) is 36.1 Å². The van der Waals surface area contributed by atoms with Crippen LogP contribution in [0.1, 0.15) is 19.8 Å². The lowest BCUT2D eigenvalue weighted by Gasteiger charge is -2.32. The highest BCUT2D eigenvalue weighted by Crippen LogP contribution is 2.18. The molecule has 0 aliphatic carbocycles. The number of hydrogen-bond donors (Lipinski definition) is 0. The van der Waals surface area contributed by atoms with Gasteiger partial charge in [0.25, 0.3) is 0 Å². The number of methoxy groups -OCH3 is 1. The zero-order valence-corrected chi connectivity index (χ0v) is 14.4. The number of ether oxygens (including phenoxy) is 1. The van der Waals surface area contributed by atoms with Gasteiger partial charge in [0, 0.05) is 26.7 Å². The summed E-state index contributed by atoms with van der Waals surface area (Å²) in [6.45, 7) is 4.80. The molecular weight excluding hydrogens is 306 g/mol. The number of hydrogen-bond acceptors (Lipinski definition) is 3. The van der Waals surface area contributed by atoms with E-state index in [1.165, 1.54) is 0 Å². The first-order valence-electron chi connectivity index (χ1n) is 8.60. The van der Waals surface area contributed by atoms with Gasteiger partial charge < -0.3 is 9.64 Å². The lowest BCUT2D eigenvalue weighted by atomic mass is 9.99. The molecule has 1 aromatic heterocycles. The van der Waals surface area contributed by atoms with Gasteiger partial charge >= 0.3 is 5.69 Å². The number of nitrogens with zero attached hydrogens (tertiary/aromatic N) is 3. The Kier molecular flexibility index (Phi) is 5.04. The van der Waals surface area contributed by atoms with Gasteiger partial charge in [-0.25, -0.2) is 4.79 Å². The SMILES string of the molecule is CCn1c(=O)n(CC(=O)N2CCC[C@@H](COC)C2)c2ccccc21. The van der Waals surface area contributed by atoms with Gasteiger partial charge in [-0.2, -0.15) is 0 Å².